The van der Waals surface area contributed by atoms with Crippen LogP contribution < -0.4 is 10.1 Å². The minimum Gasteiger partial charge on any atom is -0.532 e. The molecule has 0 saturated heterocycles. The molecule has 0 amide bonds. The predicted molar refractivity (Wildman–Crippen MR) is 107 cm³/mol. The average Bonchev–Trinajstić information content (AvgIpc) is 3.14. The summed E-state index contributed by atoms with van der Waals surface area (Å²) < 4.78 is 191. The van der Waals surface area contributed by atoms with E-state index in [-0.39, 0.29) is 0 Å². The second-order valence-corrected chi connectivity index (χ2v) is 8.09. The first-order valence-corrected chi connectivity index (χ1v) is 10.2. The number of hydrogen-bond acceptors (Lipinski definition) is 2. The molecule has 16 heteroatoms. The largest absolute Gasteiger partial charge is 0.563 e. The van der Waals surface area contributed by atoms with E-state index in [4.69, 9.17) is 4.65 Å². The molecule has 0 radical (unpaired) electrons. The van der Waals surface area contributed by atoms with Crippen molar-refractivity contribution in [3.05, 3.63) is 93.3 Å². The Hall–Kier alpha value is -3.95. The zero-order valence-electron chi connectivity index (χ0n) is 18.1. The van der Waals surface area contributed by atoms with Gasteiger partial charge in [0.2, 0.25) is 0 Å². The van der Waals surface area contributed by atoms with Crippen molar-refractivity contribution in [2.45, 2.75) is 5.92 Å². The summed E-state index contributed by atoms with van der Waals surface area (Å²) in [5.74, 6) is -33.9. The van der Waals surface area contributed by atoms with E-state index in [2.05, 4.69) is 0 Å². The third-order valence-electron chi connectivity index (χ3n) is 6.05. The number of benzene rings is 4. The van der Waals surface area contributed by atoms with Gasteiger partial charge >= 0.3 is 13.0 Å². The van der Waals surface area contributed by atoms with Crippen LogP contribution in [0.3, 0.4) is 0 Å². The highest BCUT2D eigenvalue weighted by molar-refractivity contribution is 6.62. The molecular formula is C23H4BF13O2. The summed E-state index contributed by atoms with van der Waals surface area (Å²) in [6.45, 7) is 0. The average molecular weight is 570 g/mol. The fraction of sp³-hybridized carbons (Fsp3) is 0.0435. The molecule has 0 fully saturated rings. The first-order chi connectivity index (χ1) is 18.1. The van der Waals surface area contributed by atoms with Crippen LogP contribution >= 0.6 is 0 Å². The molecule has 1 N–H and O–H groups in total. The summed E-state index contributed by atoms with van der Waals surface area (Å²) in [5, 5.41) is 8.14. The van der Waals surface area contributed by atoms with Gasteiger partial charge in [-0.25, -0.2) is 48.3 Å². The van der Waals surface area contributed by atoms with E-state index in [0.717, 1.165) is 6.07 Å². The van der Waals surface area contributed by atoms with Gasteiger partial charge in [0, 0.05) is 27.5 Å². The molecule has 0 bridgehead atoms. The van der Waals surface area contributed by atoms with Crippen LogP contribution in [0.25, 0.3) is 21.9 Å². The topological polar surface area (TPSA) is 29.5 Å². The van der Waals surface area contributed by atoms with Crippen molar-refractivity contribution in [1.82, 2.24) is 0 Å². The van der Waals surface area contributed by atoms with Crippen LogP contribution in [0.5, 0.6) is 5.75 Å². The van der Waals surface area contributed by atoms with Gasteiger partial charge in [-0.05, 0) is 6.07 Å². The van der Waals surface area contributed by atoms with E-state index >= 15 is 8.78 Å². The number of fused-ring (bicyclic) bond motifs is 4. The highest BCUT2D eigenvalue weighted by Gasteiger charge is 2.56. The van der Waals surface area contributed by atoms with Crippen molar-refractivity contribution in [2.75, 3.05) is 0 Å². The molecule has 0 spiro atoms. The third kappa shape index (κ3) is 3.36. The second-order valence-electron chi connectivity index (χ2n) is 8.09. The van der Waals surface area contributed by atoms with Gasteiger partial charge in [-0.15, -0.1) is 0 Å². The summed E-state index contributed by atoms with van der Waals surface area (Å²) in [4.78, 5) is 0. The molecule has 1 aliphatic carbocycles. The van der Waals surface area contributed by atoms with Crippen LogP contribution in [-0.4, -0.2) is 12.1 Å². The van der Waals surface area contributed by atoms with Crippen LogP contribution in [-0.2, 0) is 5.92 Å². The molecule has 2 nitrogen and oxygen atoms in total. The normalized spacial score (nSPS) is 13.6. The quantitative estimate of drug-likeness (QED) is 0.137. The number of alkyl halides is 2. The summed E-state index contributed by atoms with van der Waals surface area (Å²) in [7, 11) is -3.28. The van der Waals surface area contributed by atoms with Crippen molar-refractivity contribution in [1.29, 1.82) is 0 Å². The van der Waals surface area contributed by atoms with Crippen LogP contribution in [0.1, 0.15) is 11.1 Å². The fourth-order valence-corrected chi connectivity index (χ4v) is 4.40. The molecule has 39 heavy (non-hydrogen) atoms. The minimum absolute atomic E-state index is 0.612. The summed E-state index contributed by atoms with van der Waals surface area (Å²) >= 11 is 0. The van der Waals surface area contributed by atoms with E-state index in [1.54, 1.807) is 0 Å². The Morgan fingerprint density at radius 3 is 1.67 bits per heavy atom. The zero-order chi connectivity index (χ0) is 28.9. The first-order valence-electron chi connectivity index (χ1n) is 10.2. The minimum atomic E-state index is -5.18. The Balaban J connectivity index is 1.79. The molecule has 0 aliphatic heterocycles. The van der Waals surface area contributed by atoms with E-state index < -0.39 is 121 Å². The van der Waals surface area contributed by atoms with Crippen LogP contribution in [0.4, 0.5) is 57.1 Å². The summed E-state index contributed by atoms with van der Waals surface area (Å²) in [5.41, 5.74) is -10.7. The lowest BCUT2D eigenvalue weighted by molar-refractivity contribution is 0.0432. The summed E-state index contributed by atoms with van der Waals surface area (Å²) in [6, 6.07) is 2.09. The van der Waals surface area contributed by atoms with E-state index in [9.17, 15) is 53.3 Å². The van der Waals surface area contributed by atoms with Gasteiger partial charge in [0.05, 0.1) is 10.9 Å². The van der Waals surface area contributed by atoms with Gasteiger partial charge in [-0.3, -0.25) is 0 Å². The summed E-state index contributed by atoms with van der Waals surface area (Å²) in [6.07, 6.45) is 0. The predicted octanol–water partition coefficient (Wildman–Crippen LogP) is 6.26. The maximum absolute atomic E-state index is 15.3. The zero-order valence-corrected chi connectivity index (χ0v) is 18.1. The van der Waals surface area contributed by atoms with E-state index in [0.29, 0.717) is 12.1 Å². The van der Waals surface area contributed by atoms with Crippen molar-refractivity contribution in [3.8, 4) is 16.9 Å². The monoisotopic (exact) mass is 570 g/mol. The molecule has 0 unspecified atom stereocenters. The number of hydrogen-bond donors (Lipinski definition) is 1. The Morgan fingerprint density at radius 1 is 0.564 bits per heavy atom. The van der Waals surface area contributed by atoms with Gasteiger partial charge in [0.1, 0.15) is 5.75 Å². The standard InChI is InChI=1S/C23H4BF13O2/c25-12-4-2-1-3-5(6(4)13(26)20(33)18(12)31)39-24(38)11-9-7(14(27)19(32)17(11)30)8-10(23(9,36)37)16(29)22(35)21(34)15(8)28/h1-3,38H. The van der Waals surface area contributed by atoms with Crippen LogP contribution in [0, 0.1) is 64.0 Å². The molecular weight excluding hydrogens is 566 g/mol. The molecule has 1 aliphatic rings. The van der Waals surface area contributed by atoms with Crippen molar-refractivity contribution in [3.63, 3.8) is 0 Å². The lowest BCUT2D eigenvalue weighted by Gasteiger charge is -2.20. The Morgan fingerprint density at radius 2 is 1.05 bits per heavy atom. The Bertz CT molecular complexity index is 1760. The van der Waals surface area contributed by atoms with Crippen LogP contribution in [0.2, 0.25) is 0 Å². The van der Waals surface area contributed by atoms with Crippen LogP contribution in [0.15, 0.2) is 18.2 Å². The first kappa shape index (κ1) is 26.7. The lowest BCUT2D eigenvalue weighted by Crippen LogP contribution is -2.44. The SMILES string of the molecule is OB(Oc1cccc2c(F)c(F)c(F)c(F)c12)c1c(F)c(F)c(F)c2c1C(F)(F)c1c(F)c(F)c(F)c(F)c1-2. The Labute approximate surface area is 207 Å². The van der Waals surface area contributed by atoms with Gasteiger partial charge < -0.3 is 9.68 Å². The highest BCUT2D eigenvalue weighted by Crippen LogP contribution is 2.54. The molecule has 0 heterocycles. The molecule has 0 saturated carbocycles. The highest BCUT2D eigenvalue weighted by atomic mass is 19.3. The van der Waals surface area contributed by atoms with Crippen molar-refractivity contribution in [2.24, 2.45) is 0 Å². The molecule has 0 atom stereocenters. The van der Waals surface area contributed by atoms with Crippen molar-refractivity contribution < 1.29 is 66.8 Å². The Kier molecular flexibility index (Phi) is 5.83. The van der Waals surface area contributed by atoms with Crippen molar-refractivity contribution >= 4 is 23.4 Å². The molecule has 202 valence electrons. The molecule has 5 rings (SSSR count). The number of halogens is 13. The fourth-order valence-electron chi connectivity index (χ4n) is 4.40. The molecule has 4 aromatic carbocycles. The maximum Gasteiger partial charge on any atom is 0.563 e. The van der Waals surface area contributed by atoms with Gasteiger partial charge in [0.15, 0.2) is 64.0 Å². The lowest BCUT2D eigenvalue weighted by atomic mass is 9.73. The molecule has 4 aromatic rings. The van der Waals surface area contributed by atoms with E-state index in [1.807, 2.05) is 0 Å². The number of rotatable bonds is 3. The molecule has 0 aromatic heterocycles. The maximum atomic E-state index is 15.3. The second kappa shape index (κ2) is 8.53. The third-order valence-corrected chi connectivity index (χ3v) is 6.05. The van der Waals surface area contributed by atoms with Gasteiger partial charge in [-0.2, -0.15) is 8.78 Å². The van der Waals surface area contributed by atoms with E-state index in [1.165, 1.54) is 0 Å². The van der Waals surface area contributed by atoms with Gasteiger partial charge in [0.25, 0.3) is 0 Å². The van der Waals surface area contributed by atoms with Gasteiger partial charge in [-0.1, -0.05) is 12.1 Å². The smallest absolute Gasteiger partial charge is 0.532 e.